The van der Waals surface area contributed by atoms with Crippen LogP contribution in [0.2, 0.25) is 0 Å². The fourth-order valence-corrected chi connectivity index (χ4v) is 2.51. The topological polar surface area (TPSA) is 127 Å². The van der Waals surface area contributed by atoms with Gasteiger partial charge in [0.2, 0.25) is 11.6 Å². The molecule has 1 fully saturated rings. The van der Waals surface area contributed by atoms with E-state index in [1.165, 1.54) is 6.92 Å². The van der Waals surface area contributed by atoms with Crippen molar-refractivity contribution < 1.29 is 18.0 Å². The molecule has 2 heterocycles. The fourth-order valence-electron chi connectivity index (χ4n) is 2.51. The average Bonchev–Trinajstić information content (AvgIpc) is 3.14. The average molecular weight is 358 g/mol. The molecule has 12 heteroatoms. The first kappa shape index (κ1) is 17.3. The molecule has 0 spiro atoms. The highest BCUT2D eigenvalue weighted by atomic mass is 19.4. The van der Waals surface area contributed by atoms with Crippen molar-refractivity contribution in [3.63, 3.8) is 0 Å². The number of nitrogens with two attached hydrogens (primary N) is 1. The number of carbonyl (C=O) groups is 1. The summed E-state index contributed by atoms with van der Waals surface area (Å²) >= 11 is 0. The second-order valence-electron chi connectivity index (χ2n) is 6.23. The van der Waals surface area contributed by atoms with Crippen molar-refractivity contribution in [3.05, 3.63) is 17.5 Å². The maximum absolute atomic E-state index is 12.6. The Kier molecular flexibility index (Phi) is 4.01. The zero-order chi connectivity index (χ0) is 18.4. The number of halogens is 3. The number of aryl methyl sites for hydroxylation is 1. The summed E-state index contributed by atoms with van der Waals surface area (Å²) in [5.74, 6) is -1.86. The van der Waals surface area contributed by atoms with Gasteiger partial charge in [-0.15, -0.1) is 10.2 Å². The molecule has 2 aromatic rings. The van der Waals surface area contributed by atoms with Crippen molar-refractivity contribution in [2.24, 2.45) is 11.7 Å². The van der Waals surface area contributed by atoms with Crippen LogP contribution < -0.4 is 11.1 Å². The lowest BCUT2D eigenvalue weighted by atomic mass is 9.96. The van der Waals surface area contributed by atoms with E-state index in [1.807, 2.05) is 6.92 Å². The molecule has 0 aliphatic heterocycles. The van der Waals surface area contributed by atoms with Gasteiger partial charge < -0.3 is 11.1 Å². The minimum atomic E-state index is -4.66. The highest BCUT2D eigenvalue weighted by Gasteiger charge is 2.42. The van der Waals surface area contributed by atoms with Crippen LogP contribution in [0, 0.1) is 12.8 Å². The Hall–Kier alpha value is -2.50. The molecule has 1 aliphatic carbocycles. The van der Waals surface area contributed by atoms with Crippen LogP contribution in [0.3, 0.4) is 0 Å². The number of aromatic amines is 1. The number of hydrogen-bond acceptors (Lipinski definition) is 6. The quantitative estimate of drug-likeness (QED) is 0.717. The van der Waals surface area contributed by atoms with Crippen molar-refractivity contribution in [2.75, 3.05) is 6.54 Å². The molecule has 0 bridgehead atoms. The number of nitrogens with zero attached hydrogens (tertiary/aromatic N) is 5. The predicted molar refractivity (Wildman–Crippen MR) is 78.7 cm³/mol. The van der Waals surface area contributed by atoms with Crippen LogP contribution in [0.25, 0.3) is 5.95 Å². The lowest BCUT2D eigenvalue weighted by molar-refractivity contribution is -0.144. The van der Waals surface area contributed by atoms with E-state index in [1.54, 1.807) is 5.10 Å². The van der Waals surface area contributed by atoms with E-state index in [9.17, 15) is 18.0 Å². The summed E-state index contributed by atoms with van der Waals surface area (Å²) in [4.78, 5) is 19.7. The van der Waals surface area contributed by atoms with E-state index in [4.69, 9.17) is 5.73 Å². The van der Waals surface area contributed by atoms with Crippen LogP contribution in [0.5, 0.6) is 0 Å². The van der Waals surface area contributed by atoms with E-state index >= 15 is 0 Å². The van der Waals surface area contributed by atoms with E-state index in [-0.39, 0.29) is 24.1 Å². The molecule has 4 N–H and O–H groups in total. The SMILES string of the molecule is Cc1nc(C(=O)NC(C)(CN)C2CC2)nn1-c1n[nH]c(C(F)(F)F)n1. The van der Waals surface area contributed by atoms with E-state index < -0.39 is 23.4 Å². The third-order valence-corrected chi connectivity index (χ3v) is 4.21. The summed E-state index contributed by atoms with van der Waals surface area (Å²) in [5, 5.41) is 12.0. The van der Waals surface area contributed by atoms with Crippen LogP contribution in [0.1, 0.15) is 42.0 Å². The molecule has 3 rings (SSSR count). The van der Waals surface area contributed by atoms with Crippen molar-refractivity contribution in [3.8, 4) is 5.95 Å². The summed E-state index contributed by atoms with van der Waals surface area (Å²) < 4.78 is 38.8. The highest BCUT2D eigenvalue weighted by molar-refractivity contribution is 5.91. The van der Waals surface area contributed by atoms with Gasteiger partial charge in [0.25, 0.3) is 11.9 Å². The number of alkyl halides is 3. The Morgan fingerprint density at radius 1 is 1.40 bits per heavy atom. The second-order valence-corrected chi connectivity index (χ2v) is 6.23. The second kappa shape index (κ2) is 5.79. The molecular weight excluding hydrogens is 341 g/mol. The summed E-state index contributed by atoms with van der Waals surface area (Å²) in [6.07, 6.45) is -2.70. The monoisotopic (exact) mass is 358 g/mol. The summed E-state index contributed by atoms with van der Waals surface area (Å²) in [7, 11) is 0. The first-order valence-electron chi connectivity index (χ1n) is 7.60. The van der Waals surface area contributed by atoms with Gasteiger partial charge in [-0.2, -0.15) is 22.8 Å². The number of hydrogen-bond donors (Lipinski definition) is 3. The molecule has 0 aromatic carbocycles. The maximum atomic E-state index is 12.6. The van der Waals surface area contributed by atoms with E-state index in [0.717, 1.165) is 17.5 Å². The molecule has 0 radical (unpaired) electrons. The van der Waals surface area contributed by atoms with Gasteiger partial charge in [0.15, 0.2) is 0 Å². The molecule has 1 aliphatic rings. The summed E-state index contributed by atoms with van der Waals surface area (Å²) in [6, 6.07) is 0. The number of H-pyrrole nitrogens is 1. The molecule has 25 heavy (non-hydrogen) atoms. The Balaban J connectivity index is 1.82. The van der Waals surface area contributed by atoms with Crippen LogP contribution in [0.15, 0.2) is 0 Å². The van der Waals surface area contributed by atoms with Gasteiger partial charge in [-0.3, -0.25) is 9.89 Å². The van der Waals surface area contributed by atoms with Crippen molar-refractivity contribution in [2.45, 2.75) is 38.4 Å². The molecule has 136 valence electrons. The van der Waals surface area contributed by atoms with Crippen molar-refractivity contribution in [1.82, 2.24) is 35.3 Å². The molecule has 1 unspecified atom stereocenters. The van der Waals surface area contributed by atoms with Gasteiger partial charge in [-0.1, -0.05) is 0 Å². The lowest BCUT2D eigenvalue weighted by Gasteiger charge is -2.28. The fraction of sp³-hybridized carbons (Fsp3) is 0.615. The Bertz CT molecular complexity index is 794. The van der Waals surface area contributed by atoms with Gasteiger partial charge >= 0.3 is 6.18 Å². The molecule has 1 atom stereocenters. The van der Waals surface area contributed by atoms with Gasteiger partial charge in [0.1, 0.15) is 5.82 Å². The minimum Gasteiger partial charge on any atom is -0.343 e. The Morgan fingerprint density at radius 2 is 2.08 bits per heavy atom. The molecule has 0 saturated heterocycles. The Labute approximate surface area is 140 Å². The molecule has 9 nitrogen and oxygen atoms in total. The smallest absolute Gasteiger partial charge is 0.343 e. The standard InChI is InChI=1S/C13H17F3N8O/c1-6-18-8(9(25)20-12(2,5-17)7-3-4-7)23-24(6)11-19-10(21-22-11)13(14,15)16/h7H,3-5,17H2,1-2H3,(H,20,25)(H,19,21,22). The number of carbonyl (C=O) groups excluding carboxylic acids is 1. The summed E-state index contributed by atoms with van der Waals surface area (Å²) in [5.41, 5.74) is 5.19. The van der Waals surface area contributed by atoms with Gasteiger partial charge in [-0.05, 0) is 32.6 Å². The molecule has 1 saturated carbocycles. The zero-order valence-corrected chi connectivity index (χ0v) is 13.6. The number of rotatable bonds is 5. The number of amides is 1. The third-order valence-electron chi connectivity index (χ3n) is 4.21. The van der Waals surface area contributed by atoms with Crippen molar-refractivity contribution >= 4 is 5.91 Å². The number of aromatic nitrogens is 6. The first-order chi connectivity index (χ1) is 11.6. The molecule has 1 amide bonds. The van der Waals surface area contributed by atoms with Gasteiger partial charge in [0.05, 0.1) is 5.54 Å². The van der Waals surface area contributed by atoms with E-state index in [2.05, 4.69) is 25.5 Å². The van der Waals surface area contributed by atoms with Crippen LogP contribution in [-0.4, -0.2) is 47.9 Å². The number of nitrogens with one attached hydrogen (secondary N) is 2. The van der Waals surface area contributed by atoms with Crippen molar-refractivity contribution in [1.29, 1.82) is 0 Å². The first-order valence-corrected chi connectivity index (χ1v) is 7.60. The van der Waals surface area contributed by atoms with Crippen LogP contribution in [-0.2, 0) is 6.18 Å². The normalized spacial score (nSPS) is 17.4. The van der Waals surface area contributed by atoms with Crippen LogP contribution >= 0.6 is 0 Å². The van der Waals surface area contributed by atoms with Gasteiger partial charge in [0, 0.05) is 6.54 Å². The Morgan fingerprint density at radius 3 is 2.60 bits per heavy atom. The van der Waals surface area contributed by atoms with Crippen LogP contribution in [0.4, 0.5) is 13.2 Å². The van der Waals surface area contributed by atoms with E-state index in [0.29, 0.717) is 5.92 Å². The molecule has 2 aromatic heterocycles. The zero-order valence-electron chi connectivity index (χ0n) is 13.6. The lowest BCUT2D eigenvalue weighted by Crippen LogP contribution is -2.53. The highest BCUT2D eigenvalue weighted by Crippen LogP contribution is 2.39. The minimum absolute atomic E-state index is 0.179. The largest absolute Gasteiger partial charge is 0.451 e. The molecular formula is C13H17F3N8O. The third kappa shape index (κ3) is 3.34. The maximum Gasteiger partial charge on any atom is 0.451 e. The summed E-state index contributed by atoms with van der Waals surface area (Å²) in [6.45, 7) is 3.59. The van der Waals surface area contributed by atoms with Gasteiger partial charge in [-0.25, -0.2) is 4.98 Å². The predicted octanol–water partition coefficient (Wildman–Crippen LogP) is 0.570.